The van der Waals surface area contributed by atoms with Crippen molar-refractivity contribution in [2.24, 2.45) is 0 Å². The van der Waals surface area contributed by atoms with E-state index in [4.69, 9.17) is 9.47 Å². The standard InChI is InChI=1S/C23H19FN6O4/c1-2-33-22(32)19-18-11-34-20-16(7-4-8-17(20)30(18)12-26-19)28-23-25-10-15(24)21(29-23)27-13-5-3-6-14(31)9-13/h3-10,12,31H,2,11H2,1H3,(H2,25,27,28,29). The van der Waals surface area contributed by atoms with Gasteiger partial charge in [0.2, 0.25) is 5.95 Å². The summed E-state index contributed by atoms with van der Waals surface area (Å²) in [4.78, 5) is 24.6. The Bertz CT molecular complexity index is 1390. The molecule has 10 nitrogen and oxygen atoms in total. The molecule has 3 heterocycles. The fraction of sp³-hybridized carbons (Fsp3) is 0.130. The van der Waals surface area contributed by atoms with Crippen LogP contribution in [0.2, 0.25) is 0 Å². The van der Waals surface area contributed by atoms with Crippen molar-refractivity contribution in [3.8, 4) is 17.2 Å². The van der Waals surface area contributed by atoms with Crippen LogP contribution < -0.4 is 15.4 Å². The number of aromatic nitrogens is 4. The summed E-state index contributed by atoms with van der Waals surface area (Å²) in [6, 6.07) is 11.6. The Morgan fingerprint density at radius 3 is 2.91 bits per heavy atom. The number of halogens is 1. The number of anilines is 4. The van der Waals surface area contributed by atoms with Crippen molar-refractivity contribution >= 4 is 29.1 Å². The number of hydrogen-bond donors (Lipinski definition) is 3. The minimum atomic E-state index is -0.658. The van der Waals surface area contributed by atoms with E-state index in [1.165, 1.54) is 12.1 Å². The summed E-state index contributed by atoms with van der Waals surface area (Å²) < 4.78 is 27.1. The molecule has 2 aromatic carbocycles. The number of nitrogens with zero attached hydrogens (tertiary/aromatic N) is 4. The molecule has 0 unspecified atom stereocenters. The van der Waals surface area contributed by atoms with Crippen molar-refractivity contribution in [1.29, 1.82) is 0 Å². The molecule has 0 spiro atoms. The number of para-hydroxylation sites is 1. The first-order valence-corrected chi connectivity index (χ1v) is 10.4. The van der Waals surface area contributed by atoms with Crippen LogP contribution in [0, 0.1) is 5.82 Å². The Hall–Kier alpha value is -4.67. The second-order valence-corrected chi connectivity index (χ2v) is 7.26. The number of fused-ring (bicyclic) bond motifs is 3. The minimum absolute atomic E-state index is 0.0378. The summed E-state index contributed by atoms with van der Waals surface area (Å²) in [5, 5.41) is 15.5. The highest BCUT2D eigenvalue weighted by Gasteiger charge is 2.27. The number of carbonyl (C=O) groups is 1. The fourth-order valence-electron chi connectivity index (χ4n) is 3.55. The quantitative estimate of drug-likeness (QED) is 0.364. The van der Waals surface area contributed by atoms with Gasteiger partial charge < -0.3 is 25.2 Å². The molecule has 0 bridgehead atoms. The molecular formula is C23H19FN6O4. The molecule has 0 saturated heterocycles. The van der Waals surface area contributed by atoms with Gasteiger partial charge in [-0.25, -0.2) is 19.2 Å². The Morgan fingerprint density at radius 1 is 1.24 bits per heavy atom. The first-order chi connectivity index (χ1) is 16.5. The Morgan fingerprint density at radius 2 is 2.09 bits per heavy atom. The van der Waals surface area contributed by atoms with Crippen molar-refractivity contribution in [1.82, 2.24) is 19.5 Å². The third-order valence-electron chi connectivity index (χ3n) is 5.04. The topological polar surface area (TPSA) is 123 Å². The van der Waals surface area contributed by atoms with Crippen LogP contribution in [0.1, 0.15) is 23.1 Å². The van der Waals surface area contributed by atoms with Gasteiger partial charge >= 0.3 is 5.97 Å². The summed E-state index contributed by atoms with van der Waals surface area (Å²) in [6.07, 6.45) is 2.58. The average molecular weight is 462 g/mol. The van der Waals surface area contributed by atoms with Crippen molar-refractivity contribution in [2.75, 3.05) is 17.2 Å². The number of ether oxygens (including phenoxy) is 2. The third-order valence-corrected chi connectivity index (χ3v) is 5.04. The van der Waals surface area contributed by atoms with Crippen LogP contribution in [0.5, 0.6) is 11.5 Å². The van der Waals surface area contributed by atoms with Gasteiger partial charge in [-0.15, -0.1) is 0 Å². The predicted octanol–water partition coefficient (Wildman–Crippen LogP) is 4.06. The Balaban J connectivity index is 1.44. The normalized spacial score (nSPS) is 11.7. The van der Waals surface area contributed by atoms with Crippen molar-refractivity contribution in [3.63, 3.8) is 0 Å². The molecule has 4 aromatic rings. The van der Waals surface area contributed by atoms with Gasteiger partial charge in [-0.2, -0.15) is 4.98 Å². The molecule has 1 aliphatic heterocycles. The maximum absolute atomic E-state index is 14.3. The smallest absolute Gasteiger partial charge is 0.358 e. The highest BCUT2D eigenvalue weighted by molar-refractivity contribution is 5.89. The van der Waals surface area contributed by atoms with Gasteiger partial charge in [-0.1, -0.05) is 12.1 Å². The molecule has 0 amide bonds. The largest absolute Gasteiger partial charge is 0.508 e. The van der Waals surface area contributed by atoms with Crippen LogP contribution in [-0.4, -0.2) is 37.2 Å². The summed E-state index contributed by atoms with van der Waals surface area (Å²) >= 11 is 0. The van der Waals surface area contributed by atoms with E-state index >= 15 is 0 Å². The number of hydrogen-bond acceptors (Lipinski definition) is 9. The van der Waals surface area contributed by atoms with E-state index in [0.29, 0.717) is 28.5 Å². The Kier molecular flexibility index (Phi) is 5.42. The number of imidazole rings is 1. The van der Waals surface area contributed by atoms with E-state index in [0.717, 1.165) is 6.20 Å². The van der Waals surface area contributed by atoms with Crippen LogP contribution in [0.25, 0.3) is 5.69 Å². The summed E-state index contributed by atoms with van der Waals surface area (Å²) in [5.41, 5.74) is 2.46. The van der Waals surface area contributed by atoms with Crippen molar-refractivity contribution in [3.05, 3.63) is 72.2 Å². The summed E-state index contributed by atoms with van der Waals surface area (Å²) in [5.74, 6) is -0.567. The second-order valence-electron chi connectivity index (χ2n) is 7.26. The number of benzene rings is 2. The number of nitrogens with one attached hydrogen (secondary N) is 2. The number of phenols is 1. The van der Waals surface area contributed by atoms with Gasteiger partial charge in [0.1, 0.15) is 18.7 Å². The van der Waals surface area contributed by atoms with Crippen LogP contribution in [0.4, 0.5) is 27.5 Å². The van der Waals surface area contributed by atoms with E-state index in [1.807, 2.05) is 6.07 Å². The molecular weight excluding hydrogens is 443 g/mol. The molecule has 0 fully saturated rings. The lowest BCUT2D eigenvalue weighted by molar-refractivity contribution is 0.0516. The molecule has 1 aliphatic rings. The lowest BCUT2D eigenvalue weighted by Crippen LogP contribution is -2.17. The zero-order chi connectivity index (χ0) is 23.7. The predicted molar refractivity (Wildman–Crippen MR) is 121 cm³/mol. The van der Waals surface area contributed by atoms with Crippen LogP contribution in [0.15, 0.2) is 55.0 Å². The molecule has 34 heavy (non-hydrogen) atoms. The molecule has 172 valence electrons. The number of aromatic hydroxyl groups is 1. The van der Waals surface area contributed by atoms with Gasteiger partial charge in [0, 0.05) is 11.8 Å². The molecule has 0 aliphatic carbocycles. The molecule has 11 heteroatoms. The maximum Gasteiger partial charge on any atom is 0.358 e. The monoisotopic (exact) mass is 462 g/mol. The van der Waals surface area contributed by atoms with Crippen LogP contribution in [0.3, 0.4) is 0 Å². The summed E-state index contributed by atoms with van der Waals surface area (Å²) in [7, 11) is 0. The fourth-order valence-corrected chi connectivity index (χ4v) is 3.55. The van der Waals surface area contributed by atoms with Gasteiger partial charge in [-0.05, 0) is 31.2 Å². The van der Waals surface area contributed by atoms with Gasteiger partial charge in [-0.3, -0.25) is 4.57 Å². The molecule has 3 N–H and O–H groups in total. The average Bonchev–Trinajstić information content (AvgIpc) is 3.26. The van der Waals surface area contributed by atoms with Crippen LogP contribution >= 0.6 is 0 Å². The Labute approximate surface area is 193 Å². The third kappa shape index (κ3) is 3.94. The van der Waals surface area contributed by atoms with Crippen molar-refractivity contribution in [2.45, 2.75) is 13.5 Å². The molecule has 5 rings (SSSR count). The number of esters is 1. The highest BCUT2D eigenvalue weighted by atomic mass is 19.1. The lowest BCUT2D eigenvalue weighted by Gasteiger charge is -2.23. The second kappa shape index (κ2) is 8.70. The minimum Gasteiger partial charge on any atom is -0.508 e. The molecule has 0 atom stereocenters. The molecule has 0 saturated carbocycles. The first-order valence-electron chi connectivity index (χ1n) is 10.4. The molecule has 2 aromatic heterocycles. The van der Waals surface area contributed by atoms with E-state index in [-0.39, 0.29) is 36.4 Å². The zero-order valence-corrected chi connectivity index (χ0v) is 17.9. The van der Waals surface area contributed by atoms with Crippen molar-refractivity contribution < 1.29 is 23.8 Å². The van der Waals surface area contributed by atoms with E-state index in [1.54, 1.807) is 42.1 Å². The number of phenolic OH excluding ortho intramolecular Hbond substituents is 1. The lowest BCUT2D eigenvalue weighted by atomic mass is 10.2. The van der Waals surface area contributed by atoms with Gasteiger partial charge in [0.25, 0.3) is 0 Å². The SMILES string of the molecule is CCOC(=O)c1ncn2c1COc1c(Nc3ncc(F)c(Nc4cccc(O)c4)n3)cccc1-2. The summed E-state index contributed by atoms with van der Waals surface area (Å²) in [6.45, 7) is 2.08. The van der Waals surface area contributed by atoms with E-state index < -0.39 is 11.8 Å². The van der Waals surface area contributed by atoms with Gasteiger partial charge in [0.15, 0.2) is 23.1 Å². The van der Waals surface area contributed by atoms with E-state index in [2.05, 4.69) is 25.6 Å². The van der Waals surface area contributed by atoms with E-state index in [9.17, 15) is 14.3 Å². The van der Waals surface area contributed by atoms with Crippen LogP contribution in [-0.2, 0) is 11.3 Å². The maximum atomic E-state index is 14.3. The molecule has 0 radical (unpaired) electrons. The zero-order valence-electron chi connectivity index (χ0n) is 17.9. The highest BCUT2D eigenvalue weighted by Crippen LogP contribution is 2.38. The first kappa shape index (κ1) is 21.2. The van der Waals surface area contributed by atoms with Gasteiger partial charge in [0.05, 0.1) is 29.9 Å². The number of carbonyl (C=O) groups excluding carboxylic acids is 1. The number of rotatable bonds is 6.